The maximum Gasteiger partial charge on any atom is 0.0278 e. The van der Waals surface area contributed by atoms with E-state index in [2.05, 4.69) is 168 Å². The first-order chi connectivity index (χ1) is 22.5. The Morgan fingerprint density at radius 2 is 1.24 bits per heavy atom. The highest BCUT2D eigenvalue weighted by Gasteiger charge is 2.29. The van der Waals surface area contributed by atoms with Crippen LogP contribution in [-0.4, -0.2) is 0 Å². The monoisotopic (exact) mass is 600 g/mol. The summed E-state index contributed by atoms with van der Waals surface area (Å²) in [7, 11) is 0. The average Bonchev–Trinajstić information content (AvgIpc) is 3.24. The summed E-state index contributed by atoms with van der Waals surface area (Å²) in [6.45, 7) is 13.5. The minimum absolute atomic E-state index is 0.239. The van der Waals surface area contributed by atoms with E-state index in [1.165, 1.54) is 60.5 Å². The molecule has 0 aliphatic heterocycles. The minimum Gasteiger partial charge on any atom is -0.0877 e. The Bertz CT molecular complexity index is 1880. The van der Waals surface area contributed by atoms with Crippen LogP contribution in [0.15, 0.2) is 162 Å². The van der Waals surface area contributed by atoms with Gasteiger partial charge < -0.3 is 0 Å². The summed E-state index contributed by atoms with van der Waals surface area (Å²) in [4.78, 5) is 0. The van der Waals surface area contributed by atoms with Crippen LogP contribution in [0.4, 0.5) is 0 Å². The molecule has 46 heavy (non-hydrogen) atoms. The van der Waals surface area contributed by atoms with Crippen LogP contribution in [0.5, 0.6) is 0 Å². The van der Waals surface area contributed by atoms with E-state index in [1.807, 2.05) is 19.1 Å². The fraction of sp³-hybridized carbons (Fsp3) is 0.217. The van der Waals surface area contributed by atoms with Crippen molar-refractivity contribution in [2.24, 2.45) is 5.92 Å². The highest BCUT2D eigenvalue weighted by atomic mass is 14.3. The van der Waals surface area contributed by atoms with Crippen LogP contribution in [0.3, 0.4) is 0 Å². The Labute approximate surface area is 277 Å². The summed E-state index contributed by atoms with van der Waals surface area (Å²) in [5.41, 5.74) is 10.9. The lowest BCUT2D eigenvalue weighted by Crippen LogP contribution is -2.13. The molecule has 0 spiro atoms. The van der Waals surface area contributed by atoms with Crippen molar-refractivity contribution in [1.82, 2.24) is 0 Å². The predicted octanol–water partition coefficient (Wildman–Crippen LogP) is 13.8. The van der Waals surface area contributed by atoms with Gasteiger partial charge in [0.2, 0.25) is 0 Å². The maximum absolute atomic E-state index is 2.40. The molecule has 0 bridgehead atoms. The molecule has 5 aromatic rings. The zero-order valence-electron chi connectivity index (χ0n) is 28.4. The second-order valence-corrected chi connectivity index (χ2v) is 12.3. The smallest absolute Gasteiger partial charge is 0.0278 e. The number of benzene rings is 5. The Morgan fingerprint density at radius 1 is 0.674 bits per heavy atom. The zero-order valence-corrected chi connectivity index (χ0v) is 28.4. The molecule has 0 amide bonds. The molecule has 2 unspecified atom stereocenters. The molecule has 0 radical (unpaired) electrons. The van der Waals surface area contributed by atoms with Crippen molar-refractivity contribution < 1.29 is 0 Å². The first-order valence-corrected chi connectivity index (χ1v) is 16.9. The number of allylic oxidation sites excluding steroid dienone is 10. The van der Waals surface area contributed by atoms with Crippen molar-refractivity contribution >= 4 is 21.5 Å². The summed E-state index contributed by atoms with van der Waals surface area (Å²) in [5.74, 6) is 0.736. The molecule has 0 N–H and O–H groups in total. The van der Waals surface area contributed by atoms with Gasteiger partial charge in [-0.15, -0.1) is 0 Å². The SMILES string of the molecule is C/C=C\C=C/CC.CCC(C)C1=C(C)C=CC=C(C)C1c1c2ccccc2c(-c2ccccc2-c2ccccc2)c2ccccc12. The van der Waals surface area contributed by atoms with E-state index in [0.29, 0.717) is 5.92 Å². The Balaban J connectivity index is 0.000000537. The molecule has 1 aliphatic carbocycles. The largest absolute Gasteiger partial charge is 0.0877 e. The van der Waals surface area contributed by atoms with Crippen LogP contribution < -0.4 is 0 Å². The summed E-state index contributed by atoms with van der Waals surface area (Å²) in [6, 6.07) is 37.9. The van der Waals surface area contributed by atoms with Gasteiger partial charge in [-0.3, -0.25) is 0 Å². The molecular formula is C46H48. The second kappa shape index (κ2) is 15.5. The van der Waals surface area contributed by atoms with Gasteiger partial charge in [-0.05, 0) is 88.9 Å². The van der Waals surface area contributed by atoms with Crippen molar-refractivity contribution in [3.8, 4) is 22.3 Å². The highest BCUT2D eigenvalue weighted by Crippen LogP contribution is 2.49. The van der Waals surface area contributed by atoms with Crippen molar-refractivity contribution in [1.29, 1.82) is 0 Å². The Kier molecular flexibility index (Phi) is 11.1. The van der Waals surface area contributed by atoms with Gasteiger partial charge >= 0.3 is 0 Å². The van der Waals surface area contributed by atoms with Gasteiger partial charge in [-0.2, -0.15) is 0 Å². The predicted molar refractivity (Wildman–Crippen MR) is 204 cm³/mol. The van der Waals surface area contributed by atoms with Crippen molar-refractivity contribution in [3.63, 3.8) is 0 Å². The fourth-order valence-electron chi connectivity index (χ4n) is 6.95. The maximum atomic E-state index is 2.40. The lowest BCUT2D eigenvalue weighted by atomic mass is 9.73. The van der Waals surface area contributed by atoms with Crippen LogP contribution in [0.1, 0.15) is 65.9 Å². The molecular weight excluding hydrogens is 553 g/mol. The van der Waals surface area contributed by atoms with Gasteiger partial charge in [-0.1, -0.05) is 183 Å². The quantitative estimate of drug-likeness (QED) is 0.129. The third kappa shape index (κ3) is 6.77. The van der Waals surface area contributed by atoms with E-state index in [4.69, 9.17) is 0 Å². The second-order valence-electron chi connectivity index (χ2n) is 12.3. The number of rotatable bonds is 7. The van der Waals surface area contributed by atoms with Gasteiger partial charge in [-0.25, -0.2) is 0 Å². The summed E-state index contributed by atoms with van der Waals surface area (Å²) < 4.78 is 0. The minimum atomic E-state index is 0.239. The lowest BCUT2D eigenvalue weighted by Gasteiger charge is -2.30. The van der Waals surface area contributed by atoms with E-state index in [0.717, 1.165) is 12.8 Å². The van der Waals surface area contributed by atoms with Crippen LogP contribution in [0.25, 0.3) is 43.8 Å². The third-order valence-corrected chi connectivity index (χ3v) is 9.29. The molecule has 0 nitrogen and oxygen atoms in total. The van der Waals surface area contributed by atoms with Crippen LogP contribution in [-0.2, 0) is 0 Å². The molecule has 0 fully saturated rings. The van der Waals surface area contributed by atoms with E-state index < -0.39 is 0 Å². The molecule has 0 aromatic heterocycles. The van der Waals surface area contributed by atoms with Crippen molar-refractivity contribution in [2.75, 3.05) is 0 Å². The summed E-state index contributed by atoms with van der Waals surface area (Å²) in [5, 5.41) is 5.34. The molecule has 5 aromatic carbocycles. The molecule has 0 saturated heterocycles. The van der Waals surface area contributed by atoms with E-state index in [-0.39, 0.29) is 5.92 Å². The van der Waals surface area contributed by atoms with Crippen LogP contribution in [0, 0.1) is 5.92 Å². The molecule has 2 atom stereocenters. The standard InChI is InChI=1S/C39H36.C7H12/c1-5-26(2)36-27(3)16-15-17-28(4)37(36)39-34-24-13-11-22-32(34)38(33-23-12-14-25-35(33)39)31-21-10-9-20-30(31)29-18-7-6-8-19-29;1-3-5-7-6-4-2/h6-26,37H,5H2,1-4H3;3,5-7H,4H2,1-2H3/b;5-3-,7-6-. The lowest BCUT2D eigenvalue weighted by molar-refractivity contribution is 0.609. The molecule has 232 valence electrons. The third-order valence-electron chi connectivity index (χ3n) is 9.29. The van der Waals surface area contributed by atoms with Crippen LogP contribution in [0.2, 0.25) is 0 Å². The number of hydrogen-bond acceptors (Lipinski definition) is 0. The van der Waals surface area contributed by atoms with Gasteiger partial charge in [0.05, 0.1) is 0 Å². The van der Waals surface area contributed by atoms with Gasteiger partial charge in [0, 0.05) is 5.92 Å². The summed E-state index contributed by atoms with van der Waals surface area (Å²) >= 11 is 0. The highest BCUT2D eigenvalue weighted by molar-refractivity contribution is 6.17. The molecule has 0 saturated carbocycles. The van der Waals surface area contributed by atoms with Crippen molar-refractivity contribution in [3.05, 3.63) is 168 Å². The Morgan fingerprint density at radius 3 is 1.83 bits per heavy atom. The number of fused-ring (bicyclic) bond motifs is 2. The normalized spacial score (nSPS) is 15.7. The van der Waals surface area contributed by atoms with Gasteiger partial charge in [0.1, 0.15) is 0 Å². The van der Waals surface area contributed by atoms with Crippen LogP contribution >= 0.6 is 0 Å². The van der Waals surface area contributed by atoms with Crippen molar-refractivity contribution in [2.45, 2.75) is 60.3 Å². The van der Waals surface area contributed by atoms with Gasteiger partial charge in [0.15, 0.2) is 0 Å². The summed E-state index contributed by atoms with van der Waals surface area (Å²) in [6.07, 6.45) is 17.4. The molecule has 6 rings (SSSR count). The molecule has 1 aliphatic rings. The van der Waals surface area contributed by atoms with E-state index in [1.54, 1.807) is 5.57 Å². The van der Waals surface area contributed by atoms with E-state index >= 15 is 0 Å². The fourth-order valence-corrected chi connectivity index (χ4v) is 6.95. The average molecular weight is 601 g/mol. The first kappa shape index (κ1) is 32.7. The molecule has 0 heterocycles. The number of hydrogen-bond donors (Lipinski definition) is 0. The van der Waals surface area contributed by atoms with E-state index in [9.17, 15) is 0 Å². The Hall–Kier alpha value is -4.68. The topological polar surface area (TPSA) is 0 Å². The molecule has 0 heteroatoms. The zero-order chi connectivity index (χ0) is 32.5. The van der Waals surface area contributed by atoms with Gasteiger partial charge in [0.25, 0.3) is 0 Å². The first-order valence-electron chi connectivity index (χ1n) is 16.9.